The predicted molar refractivity (Wildman–Crippen MR) is 55.0 cm³/mol. The molecule has 1 fully saturated rings. The van der Waals surface area contributed by atoms with Crippen LogP contribution in [0.5, 0.6) is 0 Å². The summed E-state index contributed by atoms with van der Waals surface area (Å²) in [5.41, 5.74) is 1.20. The molecule has 0 bridgehead atoms. The van der Waals surface area contributed by atoms with Crippen LogP contribution in [0, 0.1) is 0 Å². The summed E-state index contributed by atoms with van der Waals surface area (Å²) in [6.07, 6.45) is 2.51. The Labute approximate surface area is 79.4 Å². The van der Waals surface area contributed by atoms with E-state index in [1.54, 1.807) is 0 Å². The minimum Gasteiger partial charge on any atom is -0.383 e. The Hall–Kier alpha value is -1.02. The Morgan fingerprint density at radius 2 is 2.15 bits per heavy atom. The molecule has 2 rings (SSSR count). The van der Waals surface area contributed by atoms with Crippen LogP contribution in [0.4, 0.5) is 5.69 Å². The van der Waals surface area contributed by atoms with E-state index in [0.29, 0.717) is 6.04 Å². The summed E-state index contributed by atoms with van der Waals surface area (Å²) in [5, 5.41) is 7.88. The average Bonchev–Trinajstić information content (AvgIpc) is 2.69. The topological polar surface area (TPSA) is 26.1 Å². The van der Waals surface area contributed by atoms with Crippen molar-refractivity contribution in [3.05, 3.63) is 30.3 Å². The maximum atomic E-state index is 4.49. The maximum absolute atomic E-state index is 4.49. The van der Waals surface area contributed by atoms with Crippen LogP contribution >= 0.6 is 0 Å². The third kappa shape index (κ3) is 2.46. The molecule has 1 atom stereocenters. The summed E-state index contributed by atoms with van der Waals surface area (Å²) in [5.74, 6) is 0. The zero-order chi connectivity index (χ0) is 8.93. The van der Waals surface area contributed by atoms with Crippen molar-refractivity contribution in [2.45, 2.75) is 18.9 Å². The number of hydrogen-bond donors (Lipinski definition) is 1. The molecule has 1 N–H and O–H groups in total. The number of anilines is 1. The maximum Gasteiger partial charge on any atom is 0.0419 e. The smallest absolute Gasteiger partial charge is 0.0419 e. The lowest BCUT2D eigenvalue weighted by atomic mass is 10.2. The van der Waals surface area contributed by atoms with Crippen LogP contribution in [0.1, 0.15) is 12.8 Å². The van der Waals surface area contributed by atoms with Gasteiger partial charge in [-0.3, -0.25) is 0 Å². The van der Waals surface area contributed by atoms with E-state index < -0.39 is 0 Å². The monoisotopic (exact) mass is 175 g/mol. The van der Waals surface area contributed by atoms with E-state index in [1.807, 2.05) is 18.2 Å². The molecule has 2 heteroatoms. The van der Waals surface area contributed by atoms with Gasteiger partial charge in [-0.25, -0.2) is 5.32 Å². The Kier molecular flexibility index (Phi) is 2.82. The number of benzene rings is 1. The van der Waals surface area contributed by atoms with Crippen molar-refractivity contribution >= 4 is 5.69 Å². The lowest BCUT2D eigenvalue weighted by Crippen LogP contribution is -2.24. The average molecular weight is 175 g/mol. The summed E-state index contributed by atoms with van der Waals surface area (Å²) in [7, 11) is 0. The third-order valence-corrected chi connectivity index (χ3v) is 2.40. The van der Waals surface area contributed by atoms with Gasteiger partial charge in [-0.05, 0) is 25.0 Å². The van der Waals surface area contributed by atoms with Gasteiger partial charge >= 0.3 is 0 Å². The highest BCUT2D eigenvalue weighted by Crippen LogP contribution is 2.09. The van der Waals surface area contributed by atoms with Gasteiger partial charge in [0.2, 0.25) is 0 Å². The van der Waals surface area contributed by atoms with E-state index in [-0.39, 0.29) is 0 Å². The van der Waals surface area contributed by atoms with Crippen molar-refractivity contribution in [3.8, 4) is 0 Å². The van der Waals surface area contributed by atoms with Crippen molar-refractivity contribution in [2.24, 2.45) is 0 Å². The Balaban J connectivity index is 1.79. The summed E-state index contributed by atoms with van der Waals surface area (Å²) in [4.78, 5) is 0. The first kappa shape index (κ1) is 8.57. The Bertz CT molecular complexity index is 240. The first-order valence-corrected chi connectivity index (χ1v) is 4.91. The fourth-order valence-electron chi connectivity index (χ4n) is 1.65. The predicted octanol–water partition coefficient (Wildman–Crippen LogP) is 1.87. The fourth-order valence-corrected chi connectivity index (χ4v) is 1.65. The quantitative estimate of drug-likeness (QED) is 0.745. The van der Waals surface area contributed by atoms with Gasteiger partial charge in [-0.2, -0.15) is 0 Å². The normalized spacial score (nSPS) is 21.7. The summed E-state index contributed by atoms with van der Waals surface area (Å²) < 4.78 is 0. The molecule has 0 saturated carbocycles. The lowest BCUT2D eigenvalue weighted by Gasteiger charge is -2.10. The number of nitrogens with one attached hydrogen (secondary N) is 1. The number of para-hydroxylation sites is 1. The molecule has 2 nitrogen and oxygen atoms in total. The Morgan fingerprint density at radius 1 is 1.31 bits per heavy atom. The molecule has 1 radical (unpaired) electrons. The van der Waals surface area contributed by atoms with Crippen LogP contribution in [0.25, 0.3) is 0 Å². The summed E-state index contributed by atoms with van der Waals surface area (Å²) in [6.45, 7) is 2.05. The standard InChI is InChI=1S/C11H15N2/c1-2-5-10(6-3-1)13-9-11-7-4-8-12-11/h1-3,5-6,11,13H,4,7-9H2. The van der Waals surface area contributed by atoms with Crippen molar-refractivity contribution < 1.29 is 0 Å². The number of nitrogens with zero attached hydrogens (tertiary/aromatic N) is 1. The van der Waals surface area contributed by atoms with Crippen LogP contribution in [-0.2, 0) is 0 Å². The van der Waals surface area contributed by atoms with E-state index >= 15 is 0 Å². The second kappa shape index (κ2) is 4.28. The molecule has 1 saturated heterocycles. The molecule has 0 amide bonds. The van der Waals surface area contributed by atoms with Crippen molar-refractivity contribution in [1.82, 2.24) is 5.32 Å². The molecule has 1 aliphatic heterocycles. The molecule has 0 spiro atoms. The van der Waals surface area contributed by atoms with E-state index in [1.165, 1.54) is 18.5 Å². The highest BCUT2D eigenvalue weighted by Gasteiger charge is 2.14. The Morgan fingerprint density at radius 3 is 2.85 bits per heavy atom. The van der Waals surface area contributed by atoms with Gasteiger partial charge in [-0.15, -0.1) is 0 Å². The van der Waals surface area contributed by atoms with Crippen LogP contribution in [-0.4, -0.2) is 19.1 Å². The molecule has 0 aliphatic carbocycles. The molecule has 1 unspecified atom stereocenters. The van der Waals surface area contributed by atoms with Gasteiger partial charge in [0.25, 0.3) is 0 Å². The number of hydrogen-bond acceptors (Lipinski definition) is 1. The molecule has 1 aliphatic rings. The molecular weight excluding hydrogens is 160 g/mol. The first-order valence-electron chi connectivity index (χ1n) is 4.91. The van der Waals surface area contributed by atoms with Gasteiger partial charge in [0.15, 0.2) is 0 Å². The van der Waals surface area contributed by atoms with Crippen LogP contribution in [0.3, 0.4) is 0 Å². The van der Waals surface area contributed by atoms with Gasteiger partial charge in [-0.1, -0.05) is 18.2 Å². The van der Waals surface area contributed by atoms with Crippen molar-refractivity contribution in [3.63, 3.8) is 0 Å². The van der Waals surface area contributed by atoms with E-state index in [9.17, 15) is 0 Å². The molecule has 69 valence electrons. The zero-order valence-corrected chi connectivity index (χ0v) is 7.74. The summed E-state index contributed by atoms with van der Waals surface area (Å²) in [6, 6.07) is 10.9. The second-order valence-corrected chi connectivity index (χ2v) is 3.45. The summed E-state index contributed by atoms with van der Waals surface area (Å²) >= 11 is 0. The van der Waals surface area contributed by atoms with Gasteiger partial charge < -0.3 is 5.32 Å². The molecular formula is C11H15N2. The largest absolute Gasteiger partial charge is 0.383 e. The first-order chi connectivity index (χ1) is 6.45. The molecule has 1 heterocycles. The van der Waals surface area contributed by atoms with Crippen LogP contribution in [0.2, 0.25) is 0 Å². The minimum absolute atomic E-state index is 0.542. The zero-order valence-electron chi connectivity index (χ0n) is 7.74. The highest BCUT2D eigenvalue weighted by atomic mass is 15.0. The molecule has 1 aromatic rings. The molecule has 0 aromatic heterocycles. The fraction of sp³-hybridized carbons (Fsp3) is 0.455. The van der Waals surface area contributed by atoms with Crippen molar-refractivity contribution in [1.29, 1.82) is 0 Å². The molecule has 1 aromatic carbocycles. The van der Waals surface area contributed by atoms with Crippen LogP contribution in [0.15, 0.2) is 30.3 Å². The third-order valence-electron chi connectivity index (χ3n) is 2.40. The van der Waals surface area contributed by atoms with E-state index in [0.717, 1.165) is 13.1 Å². The van der Waals surface area contributed by atoms with E-state index in [4.69, 9.17) is 0 Å². The second-order valence-electron chi connectivity index (χ2n) is 3.45. The van der Waals surface area contributed by atoms with Gasteiger partial charge in [0, 0.05) is 24.8 Å². The SMILES string of the molecule is c1ccc(NCC2CCC[N]2)cc1. The van der Waals surface area contributed by atoms with E-state index in [2.05, 4.69) is 22.8 Å². The van der Waals surface area contributed by atoms with Crippen LogP contribution < -0.4 is 10.6 Å². The molecule has 13 heavy (non-hydrogen) atoms. The lowest BCUT2D eigenvalue weighted by molar-refractivity contribution is 0.622. The minimum atomic E-state index is 0.542. The van der Waals surface area contributed by atoms with Crippen molar-refractivity contribution in [2.75, 3.05) is 18.4 Å². The van der Waals surface area contributed by atoms with Gasteiger partial charge in [0.1, 0.15) is 0 Å². The number of rotatable bonds is 3. The van der Waals surface area contributed by atoms with Gasteiger partial charge in [0.05, 0.1) is 0 Å². The highest BCUT2D eigenvalue weighted by molar-refractivity contribution is 5.42.